The van der Waals surface area contributed by atoms with Crippen molar-refractivity contribution in [3.8, 4) is 0 Å². The first-order valence-electron chi connectivity index (χ1n) is 7.34. The Bertz CT molecular complexity index is 458. The summed E-state index contributed by atoms with van der Waals surface area (Å²) in [6.07, 6.45) is 7.17. The fourth-order valence-corrected chi connectivity index (χ4v) is 2.16. The molecule has 0 bridgehead atoms. The lowest BCUT2D eigenvalue weighted by atomic mass is 10.2. The van der Waals surface area contributed by atoms with Gasteiger partial charge in [-0.25, -0.2) is 9.78 Å². The van der Waals surface area contributed by atoms with Crippen molar-refractivity contribution in [2.24, 2.45) is 5.92 Å². The highest BCUT2D eigenvalue weighted by Crippen LogP contribution is 2.33. The summed E-state index contributed by atoms with van der Waals surface area (Å²) in [5.41, 5.74) is 0.548. The zero-order chi connectivity index (χ0) is 14.8. The number of amides is 1. The fraction of sp³-hybridized carbons (Fsp3) is 0.733. The first kappa shape index (κ1) is 14.9. The summed E-state index contributed by atoms with van der Waals surface area (Å²) in [7, 11) is 0. The lowest BCUT2D eigenvalue weighted by Gasteiger charge is -2.22. The quantitative estimate of drug-likeness (QED) is 0.900. The highest BCUT2D eigenvalue weighted by atomic mass is 16.6. The molecule has 1 fully saturated rings. The van der Waals surface area contributed by atoms with Crippen molar-refractivity contribution in [2.75, 3.05) is 0 Å². The predicted molar refractivity (Wildman–Crippen MR) is 77.4 cm³/mol. The number of nitrogens with zero attached hydrogens (tertiary/aromatic N) is 2. The topological polar surface area (TPSA) is 56.1 Å². The summed E-state index contributed by atoms with van der Waals surface area (Å²) in [5.74, 6) is 0.888. The van der Waals surface area contributed by atoms with E-state index in [1.54, 1.807) is 0 Å². The molecule has 0 aliphatic heterocycles. The van der Waals surface area contributed by atoms with Crippen molar-refractivity contribution in [3.05, 3.63) is 18.2 Å². The van der Waals surface area contributed by atoms with Crippen LogP contribution in [0.5, 0.6) is 0 Å². The van der Waals surface area contributed by atoms with Crippen LogP contribution in [0.4, 0.5) is 4.79 Å². The van der Waals surface area contributed by atoms with E-state index in [1.165, 1.54) is 19.3 Å². The third kappa shape index (κ3) is 4.54. The molecule has 1 saturated carbocycles. The molecule has 112 valence electrons. The second kappa shape index (κ2) is 5.85. The number of carbonyl (C=O) groups excluding carboxylic acids is 1. The normalized spacial score (nSPS) is 16.8. The van der Waals surface area contributed by atoms with Crippen molar-refractivity contribution >= 4 is 6.09 Å². The first-order valence-corrected chi connectivity index (χ1v) is 7.34. The number of imidazole rings is 1. The maximum atomic E-state index is 11.8. The van der Waals surface area contributed by atoms with Gasteiger partial charge in [0.2, 0.25) is 0 Å². The fourth-order valence-electron chi connectivity index (χ4n) is 2.16. The molecule has 1 amide bonds. The Morgan fingerprint density at radius 3 is 2.85 bits per heavy atom. The molecule has 1 N–H and O–H groups in total. The molecule has 0 saturated heterocycles. The van der Waals surface area contributed by atoms with Crippen LogP contribution in [0.2, 0.25) is 0 Å². The molecule has 1 heterocycles. The van der Waals surface area contributed by atoms with E-state index >= 15 is 0 Å². The van der Waals surface area contributed by atoms with Gasteiger partial charge in [0.25, 0.3) is 0 Å². The van der Waals surface area contributed by atoms with Crippen LogP contribution in [0.1, 0.15) is 58.7 Å². The Morgan fingerprint density at radius 1 is 1.55 bits per heavy atom. The van der Waals surface area contributed by atoms with Crippen LogP contribution < -0.4 is 5.32 Å². The zero-order valence-electron chi connectivity index (χ0n) is 12.8. The number of hydrogen-bond donors (Lipinski definition) is 1. The minimum Gasteiger partial charge on any atom is -0.444 e. The van der Waals surface area contributed by atoms with Gasteiger partial charge in [0.1, 0.15) is 5.60 Å². The van der Waals surface area contributed by atoms with E-state index in [0.29, 0.717) is 0 Å². The lowest BCUT2D eigenvalue weighted by Crippen LogP contribution is -2.34. The summed E-state index contributed by atoms with van der Waals surface area (Å²) in [5, 5.41) is 2.86. The zero-order valence-corrected chi connectivity index (χ0v) is 12.8. The number of nitrogens with one attached hydrogen (secondary N) is 1. The standard InChI is InChI=1S/C15H25N3O2/c1-11(17-14(19)20-15(2,3)4)13-9-16-10-18(13)8-7-12-5-6-12/h9-12H,5-8H2,1-4H3,(H,17,19)/t11-/m0/s1. The van der Waals surface area contributed by atoms with Gasteiger partial charge in [-0.3, -0.25) is 0 Å². The Kier molecular flexibility index (Phi) is 4.35. The number of carbonyl (C=O) groups is 1. The summed E-state index contributed by atoms with van der Waals surface area (Å²) in [6.45, 7) is 8.50. The van der Waals surface area contributed by atoms with Gasteiger partial charge < -0.3 is 14.6 Å². The highest BCUT2D eigenvalue weighted by molar-refractivity contribution is 5.68. The van der Waals surface area contributed by atoms with Gasteiger partial charge in [0.15, 0.2) is 0 Å². The van der Waals surface area contributed by atoms with Crippen LogP contribution in [0, 0.1) is 5.92 Å². The Morgan fingerprint density at radius 2 is 2.25 bits per heavy atom. The van der Waals surface area contributed by atoms with Crippen molar-refractivity contribution in [2.45, 2.75) is 65.1 Å². The van der Waals surface area contributed by atoms with Crippen molar-refractivity contribution in [1.29, 1.82) is 0 Å². The average Bonchev–Trinajstić information content (AvgIpc) is 3.00. The molecular weight excluding hydrogens is 254 g/mol. The second-order valence-electron chi connectivity index (χ2n) is 6.61. The maximum absolute atomic E-state index is 11.8. The molecule has 20 heavy (non-hydrogen) atoms. The summed E-state index contributed by atoms with van der Waals surface area (Å²) in [6, 6.07) is -0.105. The van der Waals surface area contributed by atoms with Gasteiger partial charge in [-0.1, -0.05) is 12.8 Å². The Balaban J connectivity index is 1.89. The largest absolute Gasteiger partial charge is 0.444 e. The van der Waals surface area contributed by atoms with Gasteiger partial charge in [-0.05, 0) is 40.0 Å². The average molecular weight is 279 g/mol. The maximum Gasteiger partial charge on any atom is 0.408 e. The van der Waals surface area contributed by atoms with Crippen molar-refractivity contribution in [3.63, 3.8) is 0 Å². The predicted octanol–water partition coefficient (Wildman–Crippen LogP) is 3.27. The Labute approximate surface area is 120 Å². The smallest absolute Gasteiger partial charge is 0.408 e. The number of aromatic nitrogens is 2. The van der Waals surface area contributed by atoms with Gasteiger partial charge >= 0.3 is 6.09 Å². The minimum absolute atomic E-state index is 0.105. The minimum atomic E-state index is -0.476. The first-order chi connectivity index (χ1) is 9.35. The van der Waals surface area contributed by atoms with E-state index in [9.17, 15) is 4.79 Å². The van der Waals surface area contributed by atoms with Gasteiger partial charge in [0.05, 0.1) is 24.3 Å². The van der Waals surface area contributed by atoms with Crippen LogP contribution in [0.25, 0.3) is 0 Å². The third-order valence-corrected chi connectivity index (χ3v) is 3.40. The molecule has 0 aromatic carbocycles. The molecule has 0 radical (unpaired) electrons. The molecule has 1 aromatic heterocycles. The van der Waals surface area contributed by atoms with Crippen LogP contribution in [-0.2, 0) is 11.3 Å². The number of rotatable bonds is 5. The van der Waals surface area contributed by atoms with E-state index in [4.69, 9.17) is 4.74 Å². The molecule has 5 heteroatoms. The lowest BCUT2D eigenvalue weighted by molar-refractivity contribution is 0.0506. The van der Waals surface area contributed by atoms with Crippen LogP contribution in [0.15, 0.2) is 12.5 Å². The molecule has 1 aliphatic carbocycles. The number of ether oxygens (including phenoxy) is 1. The van der Waals surface area contributed by atoms with Gasteiger partial charge in [0, 0.05) is 6.54 Å². The molecule has 0 unspecified atom stereocenters. The molecule has 5 nitrogen and oxygen atoms in total. The second-order valence-corrected chi connectivity index (χ2v) is 6.61. The van der Waals surface area contributed by atoms with E-state index in [1.807, 2.05) is 40.2 Å². The molecule has 2 rings (SSSR count). The monoisotopic (exact) mass is 279 g/mol. The van der Waals surface area contributed by atoms with Crippen molar-refractivity contribution in [1.82, 2.24) is 14.9 Å². The number of hydrogen-bond acceptors (Lipinski definition) is 3. The SMILES string of the molecule is C[C@H](NC(=O)OC(C)(C)C)c1cncn1CCC1CC1. The Hall–Kier alpha value is -1.52. The van der Waals surface area contributed by atoms with Crippen LogP contribution >= 0.6 is 0 Å². The van der Waals surface area contributed by atoms with Gasteiger partial charge in [-0.2, -0.15) is 0 Å². The van der Waals surface area contributed by atoms with Crippen LogP contribution in [0.3, 0.4) is 0 Å². The molecule has 1 aliphatic rings. The van der Waals surface area contributed by atoms with Crippen molar-refractivity contribution < 1.29 is 9.53 Å². The molecule has 0 spiro atoms. The van der Waals surface area contributed by atoms with E-state index in [0.717, 1.165) is 18.2 Å². The third-order valence-electron chi connectivity index (χ3n) is 3.40. The number of aryl methyl sites for hydroxylation is 1. The summed E-state index contributed by atoms with van der Waals surface area (Å²) in [4.78, 5) is 16.0. The van der Waals surface area contributed by atoms with E-state index in [-0.39, 0.29) is 12.1 Å². The number of alkyl carbamates (subject to hydrolysis) is 1. The molecule has 1 atom stereocenters. The van der Waals surface area contributed by atoms with E-state index < -0.39 is 5.60 Å². The molecular formula is C15H25N3O2. The van der Waals surface area contributed by atoms with E-state index in [2.05, 4.69) is 14.9 Å². The summed E-state index contributed by atoms with van der Waals surface area (Å²) < 4.78 is 7.40. The molecule has 1 aromatic rings. The van der Waals surface area contributed by atoms with Gasteiger partial charge in [-0.15, -0.1) is 0 Å². The summed E-state index contributed by atoms with van der Waals surface area (Å²) >= 11 is 0. The van der Waals surface area contributed by atoms with Crippen LogP contribution in [-0.4, -0.2) is 21.2 Å². The highest BCUT2D eigenvalue weighted by Gasteiger charge is 2.22.